The van der Waals surface area contributed by atoms with Gasteiger partial charge in [0.25, 0.3) is 0 Å². The molecule has 0 bridgehead atoms. The Bertz CT molecular complexity index is 1030. The minimum atomic E-state index is -3.60. The second-order valence-electron chi connectivity index (χ2n) is 8.39. The molecule has 0 N–H and O–H groups in total. The molecule has 2 aromatic heterocycles. The van der Waals surface area contributed by atoms with Gasteiger partial charge in [-0.3, -0.25) is 9.48 Å². The Balaban J connectivity index is 1.54. The summed E-state index contributed by atoms with van der Waals surface area (Å²) in [5.74, 6) is 1.51. The van der Waals surface area contributed by atoms with E-state index in [4.69, 9.17) is 4.42 Å². The van der Waals surface area contributed by atoms with E-state index in [2.05, 4.69) is 5.10 Å². The van der Waals surface area contributed by atoms with Crippen LogP contribution in [-0.4, -0.2) is 52.4 Å². The first-order valence-corrected chi connectivity index (χ1v) is 12.1. The van der Waals surface area contributed by atoms with Gasteiger partial charge in [-0.2, -0.15) is 9.40 Å². The maximum Gasteiger partial charge on any atom is 0.246 e. The quantitative estimate of drug-likeness (QED) is 0.669. The molecule has 0 spiro atoms. The zero-order chi connectivity index (χ0) is 21.5. The Labute approximate surface area is 177 Å². The van der Waals surface area contributed by atoms with Crippen molar-refractivity contribution < 1.29 is 17.6 Å². The lowest BCUT2D eigenvalue weighted by molar-refractivity contribution is -0.133. The van der Waals surface area contributed by atoms with E-state index in [0.29, 0.717) is 31.0 Å². The number of rotatable bonds is 7. The van der Waals surface area contributed by atoms with Gasteiger partial charge in [0.05, 0.1) is 17.9 Å². The number of sulfonamides is 1. The molecule has 0 unspecified atom stereocenters. The molecule has 0 radical (unpaired) electrons. The lowest BCUT2D eigenvalue weighted by Crippen LogP contribution is -2.36. The number of hydrogen-bond donors (Lipinski definition) is 0. The number of aryl methyl sites for hydroxylation is 2. The van der Waals surface area contributed by atoms with Gasteiger partial charge < -0.3 is 9.32 Å². The number of nitrogens with zero attached hydrogens (tertiary/aromatic N) is 4. The fraction of sp³-hybridized carbons (Fsp3) is 0.619. The molecule has 4 rings (SSSR count). The average Bonchev–Trinajstić information content (AvgIpc) is 3.40. The van der Waals surface area contributed by atoms with Crippen molar-refractivity contribution in [1.82, 2.24) is 19.0 Å². The molecule has 1 aliphatic carbocycles. The Morgan fingerprint density at radius 1 is 1.17 bits per heavy atom. The lowest BCUT2D eigenvalue weighted by atomic mass is 10.2. The summed E-state index contributed by atoms with van der Waals surface area (Å²) in [6.45, 7) is 6.87. The number of furan rings is 1. The predicted molar refractivity (Wildman–Crippen MR) is 111 cm³/mol. The van der Waals surface area contributed by atoms with Crippen molar-refractivity contribution >= 4 is 15.9 Å². The van der Waals surface area contributed by atoms with E-state index in [0.717, 1.165) is 43.6 Å². The summed E-state index contributed by atoms with van der Waals surface area (Å²) < 4.78 is 35.1. The molecule has 1 aliphatic heterocycles. The molecule has 164 valence electrons. The van der Waals surface area contributed by atoms with Crippen LogP contribution in [0, 0.1) is 20.8 Å². The summed E-state index contributed by atoms with van der Waals surface area (Å²) >= 11 is 0. The van der Waals surface area contributed by atoms with Crippen molar-refractivity contribution in [2.75, 3.05) is 13.1 Å². The van der Waals surface area contributed by atoms with Crippen LogP contribution in [0.4, 0.5) is 0 Å². The lowest BCUT2D eigenvalue weighted by Gasteiger charge is -2.26. The van der Waals surface area contributed by atoms with Crippen molar-refractivity contribution in [1.29, 1.82) is 0 Å². The van der Waals surface area contributed by atoms with E-state index >= 15 is 0 Å². The van der Waals surface area contributed by atoms with Crippen molar-refractivity contribution in [3.63, 3.8) is 0 Å². The highest BCUT2D eigenvalue weighted by atomic mass is 32.2. The van der Waals surface area contributed by atoms with Crippen LogP contribution >= 0.6 is 0 Å². The predicted octanol–water partition coefficient (Wildman–Crippen LogP) is 2.77. The molecule has 0 atom stereocenters. The second-order valence-corrected chi connectivity index (χ2v) is 10.3. The van der Waals surface area contributed by atoms with Gasteiger partial charge in [-0.25, -0.2) is 8.42 Å². The summed E-state index contributed by atoms with van der Waals surface area (Å²) in [4.78, 5) is 15.2. The smallest absolute Gasteiger partial charge is 0.246 e. The van der Waals surface area contributed by atoms with Crippen LogP contribution in [0.1, 0.15) is 55.0 Å². The number of amides is 1. The number of carbonyl (C=O) groups is 1. The Kier molecular flexibility index (Phi) is 5.76. The standard InChI is InChI=1S/C21H30N4O4S/c1-15-7-10-19(29-15)13-24(18-8-9-18)20(26)14-25-17(3)21(16(2)22-25)30(27,28)23-11-5-4-6-12-23/h7,10,18H,4-6,8-9,11-14H2,1-3H3. The zero-order valence-electron chi connectivity index (χ0n) is 17.9. The zero-order valence-corrected chi connectivity index (χ0v) is 18.7. The molecule has 30 heavy (non-hydrogen) atoms. The normalized spacial score (nSPS) is 18.0. The van der Waals surface area contributed by atoms with E-state index in [1.807, 2.05) is 24.0 Å². The number of hydrogen-bond acceptors (Lipinski definition) is 5. The molecule has 1 saturated heterocycles. The van der Waals surface area contributed by atoms with Gasteiger partial charge in [0.1, 0.15) is 23.0 Å². The fourth-order valence-electron chi connectivity index (χ4n) is 4.21. The molecule has 8 nitrogen and oxygen atoms in total. The highest BCUT2D eigenvalue weighted by Crippen LogP contribution is 2.30. The summed E-state index contributed by atoms with van der Waals surface area (Å²) in [6, 6.07) is 4.00. The Hall–Kier alpha value is -2.13. The first-order chi connectivity index (χ1) is 14.3. The molecule has 1 amide bonds. The summed E-state index contributed by atoms with van der Waals surface area (Å²) in [5.41, 5.74) is 0.974. The van der Waals surface area contributed by atoms with Gasteiger partial charge in [-0.15, -0.1) is 0 Å². The maximum absolute atomic E-state index is 13.2. The van der Waals surface area contributed by atoms with Gasteiger partial charge in [-0.05, 0) is 58.6 Å². The molecule has 3 heterocycles. The molecular weight excluding hydrogens is 404 g/mol. The van der Waals surface area contributed by atoms with Crippen LogP contribution < -0.4 is 0 Å². The van der Waals surface area contributed by atoms with E-state index in [9.17, 15) is 13.2 Å². The minimum absolute atomic E-state index is 0.0262. The first kappa shape index (κ1) is 21.1. The monoisotopic (exact) mass is 434 g/mol. The van der Waals surface area contributed by atoms with E-state index in [-0.39, 0.29) is 23.4 Å². The molecule has 1 saturated carbocycles. The van der Waals surface area contributed by atoms with Gasteiger partial charge >= 0.3 is 0 Å². The van der Waals surface area contributed by atoms with Crippen LogP contribution in [0.2, 0.25) is 0 Å². The Morgan fingerprint density at radius 2 is 1.87 bits per heavy atom. The van der Waals surface area contributed by atoms with Gasteiger partial charge in [0, 0.05) is 19.1 Å². The molecular formula is C21H30N4O4S. The van der Waals surface area contributed by atoms with E-state index < -0.39 is 10.0 Å². The molecule has 0 aromatic carbocycles. The van der Waals surface area contributed by atoms with Crippen LogP contribution in [-0.2, 0) is 27.9 Å². The first-order valence-electron chi connectivity index (χ1n) is 10.7. The van der Waals surface area contributed by atoms with Crippen LogP contribution in [0.25, 0.3) is 0 Å². The molecule has 2 aliphatic rings. The number of piperidine rings is 1. The third kappa shape index (κ3) is 4.18. The highest BCUT2D eigenvalue weighted by Gasteiger charge is 2.35. The average molecular weight is 435 g/mol. The summed E-state index contributed by atoms with van der Waals surface area (Å²) in [6.07, 6.45) is 4.79. The maximum atomic E-state index is 13.2. The van der Waals surface area contributed by atoms with Gasteiger partial charge in [0.15, 0.2) is 0 Å². The van der Waals surface area contributed by atoms with Crippen LogP contribution in [0.5, 0.6) is 0 Å². The third-order valence-electron chi connectivity index (χ3n) is 5.94. The van der Waals surface area contributed by atoms with Crippen molar-refractivity contribution in [2.45, 2.75) is 76.9 Å². The van der Waals surface area contributed by atoms with Gasteiger partial charge in [0.2, 0.25) is 15.9 Å². The second kappa shape index (κ2) is 8.19. The highest BCUT2D eigenvalue weighted by molar-refractivity contribution is 7.89. The van der Waals surface area contributed by atoms with Gasteiger partial charge in [-0.1, -0.05) is 6.42 Å². The molecule has 2 fully saturated rings. The SMILES string of the molecule is Cc1ccc(CN(C(=O)Cn2nc(C)c(S(=O)(=O)N3CCCCC3)c2C)C2CC2)o1. The van der Waals surface area contributed by atoms with E-state index in [1.54, 1.807) is 18.2 Å². The number of aromatic nitrogens is 2. The summed E-state index contributed by atoms with van der Waals surface area (Å²) in [5, 5.41) is 4.42. The minimum Gasteiger partial charge on any atom is -0.464 e. The van der Waals surface area contributed by atoms with Crippen molar-refractivity contribution in [3.05, 3.63) is 35.0 Å². The summed E-state index contributed by atoms with van der Waals surface area (Å²) in [7, 11) is -3.60. The van der Waals surface area contributed by atoms with Crippen molar-refractivity contribution in [3.8, 4) is 0 Å². The fourth-order valence-corrected chi connectivity index (χ4v) is 6.10. The number of carbonyl (C=O) groups excluding carboxylic acids is 1. The largest absolute Gasteiger partial charge is 0.464 e. The van der Waals surface area contributed by atoms with Crippen LogP contribution in [0.15, 0.2) is 21.4 Å². The molecule has 2 aromatic rings. The van der Waals surface area contributed by atoms with Crippen LogP contribution in [0.3, 0.4) is 0 Å². The Morgan fingerprint density at radius 3 is 2.47 bits per heavy atom. The van der Waals surface area contributed by atoms with Crippen molar-refractivity contribution in [2.24, 2.45) is 0 Å². The topological polar surface area (TPSA) is 88.7 Å². The third-order valence-corrected chi connectivity index (χ3v) is 8.09. The molecule has 9 heteroatoms. The van der Waals surface area contributed by atoms with E-state index in [1.165, 1.54) is 4.68 Å².